The summed E-state index contributed by atoms with van der Waals surface area (Å²) in [4.78, 5) is 25.6. The molecule has 4 aromatic carbocycles. The fourth-order valence-electron chi connectivity index (χ4n) is 5.01. The van der Waals surface area contributed by atoms with E-state index in [1.807, 2.05) is 18.2 Å². The van der Waals surface area contributed by atoms with Crippen molar-refractivity contribution in [1.82, 2.24) is 0 Å². The van der Waals surface area contributed by atoms with Crippen LogP contribution in [0.2, 0.25) is 0 Å². The molecule has 0 bridgehead atoms. The van der Waals surface area contributed by atoms with Crippen molar-refractivity contribution in [3.8, 4) is 0 Å². The van der Waals surface area contributed by atoms with Gasteiger partial charge in [-0.1, -0.05) is 54.6 Å². The summed E-state index contributed by atoms with van der Waals surface area (Å²) in [6.45, 7) is 7.97. The molecule has 4 aromatic rings. The summed E-state index contributed by atoms with van der Waals surface area (Å²) in [5.41, 5.74) is 4.11. The van der Waals surface area contributed by atoms with Gasteiger partial charge in [0.1, 0.15) is 5.82 Å². The first-order chi connectivity index (χ1) is 17.3. The third kappa shape index (κ3) is 4.97. The molecule has 0 saturated heterocycles. The van der Waals surface area contributed by atoms with Crippen LogP contribution in [0.25, 0.3) is 21.5 Å². The molecule has 0 saturated carbocycles. The van der Waals surface area contributed by atoms with Gasteiger partial charge in [0, 0.05) is 5.92 Å². The minimum absolute atomic E-state index is 0.153. The lowest BCUT2D eigenvalue weighted by Crippen LogP contribution is -2.30. The van der Waals surface area contributed by atoms with Crippen LogP contribution >= 0.6 is 0 Å². The SMILES string of the molecule is CCOC(=O)C(CC(c1ccc(F)cc1)c1ccc2c(C)c3ccccc3c(C)c2c1)C(=O)OCC. The van der Waals surface area contributed by atoms with Crippen molar-refractivity contribution < 1.29 is 23.5 Å². The van der Waals surface area contributed by atoms with Gasteiger partial charge in [0.05, 0.1) is 13.2 Å². The normalized spacial score (nSPS) is 12.2. The lowest BCUT2D eigenvalue weighted by molar-refractivity contribution is -0.162. The average molecular weight is 487 g/mol. The monoisotopic (exact) mass is 486 g/mol. The molecular formula is C31H31FO4. The summed E-state index contributed by atoms with van der Waals surface area (Å²) in [7, 11) is 0. The number of hydrogen-bond donors (Lipinski definition) is 0. The quantitative estimate of drug-likeness (QED) is 0.153. The van der Waals surface area contributed by atoms with E-state index in [0.29, 0.717) is 0 Å². The Hall–Kier alpha value is -3.73. The zero-order valence-corrected chi connectivity index (χ0v) is 21.1. The van der Waals surface area contributed by atoms with E-state index in [9.17, 15) is 14.0 Å². The van der Waals surface area contributed by atoms with E-state index in [0.717, 1.165) is 21.9 Å². The minimum Gasteiger partial charge on any atom is -0.465 e. The van der Waals surface area contributed by atoms with Gasteiger partial charge in [-0.25, -0.2) is 4.39 Å². The molecule has 4 nitrogen and oxygen atoms in total. The van der Waals surface area contributed by atoms with Crippen molar-refractivity contribution in [1.29, 1.82) is 0 Å². The highest BCUT2D eigenvalue weighted by molar-refractivity contribution is 6.05. The summed E-state index contributed by atoms with van der Waals surface area (Å²) in [5.74, 6) is -3.00. The molecule has 0 aromatic heterocycles. The largest absolute Gasteiger partial charge is 0.465 e. The number of ether oxygens (including phenoxy) is 2. The Morgan fingerprint density at radius 2 is 1.22 bits per heavy atom. The second-order valence-electron chi connectivity index (χ2n) is 9.00. The molecule has 0 N–H and O–H groups in total. The van der Waals surface area contributed by atoms with Crippen molar-refractivity contribution in [2.24, 2.45) is 5.92 Å². The Balaban J connectivity index is 1.87. The Kier molecular flexibility index (Phi) is 7.68. The van der Waals surface area contributed by atoms with E-state index in [4.69, 9.17) is 9.47 Å². The Labute approximate surface area is 211 Å². The molecule has 1 unspecified atom stereocenters. The predicted octanol–water partition coefficient (Wildman–Crippen LogP) is 7.01. The van der Waals surface area contributed by atoms with Crippen LogP contribution in [0.3, 0.4) is 0 Å². The van der Waals surface area contributed by atoms with E-state index in [-0.39, 0.29) is 31.4 Å². The number of fused-ring (bicyclic) bond motifs is 2. The molecular weight excluding hydrogens is 455 g/mol. The van der Waals surface area contributed by atoms with Gasteiger partial charge in [-0.3, -0.25) is 9.59 Å². The number of rotatable bonds is 8. The van der Waals surface area contributed by atoms with Crippen molar-refractivity contribution in [2.75, 3.05) is 13.2 Å². The third-order valence-corrected chi connectivity index (χ3v) is 6.88. The molecule has 0 heterocycles. The first kappa shape index (κ1) is 25.4. The highest BCUT2D eigenvalue weighted by Crippen LogP contribution is 2.37. The number of carbonyl (C=O) groups is 2. The molecule has 1 atom stereocenters. The lowest BCUT2D eigenvalue weighted by atomic mass is 9.81. The first-order valence-electron chi connectivity index (χ1n) is 12.4. The molecule has 186 valence electrons. The summed E-state index contributed by atoms with van der Waals surface area (Å²) in [6, 6.07) is 20.8. The highest BCUT2D eigenvalue weighted by atomic mass is 19.1. The molecule has 0 aliphatic carbocycles. The van der Waals surface area contributed by atoms with E-state index >= 15 is 0 Å². The first-order valence-corrected chi connectivity index (χ1v) is 12.4. The van der Waals surface area contributed by atoms with Crippen LogP contribution in [-0.4, -0.2) is 25.2 Å². The molecule has 0 aliphatic heterocycles. The number of aryl methyl sites for hydroxylation is 2. The maximum absolute atomic E-state index is 13.8. The molecule has 0 aliphatic rings. The van der Waals surface area contributed by atoms with Gasteiger partial charge in [0.15, 0.2) is 5.92 Å². The summed E-state index contributed by atoms with van der Waals surface area (Å²) >= 11 is 0. The number of benzene rings is 4. The molecule has 36 heavy (non-hydrogen) atoms. The maximum Gasteiger partial charge on any atom is 0.320 e. The van der Waals surface area contributed by atoms with E-state index in [2.05, 4.69) is 38.1 Å². The van der Waals surface area contributed by atoms with Gasteiger partial charge >= 0.3 is 11.9 Å². The highest BCUT2D eigenvalue weighted by Gasteiger charge is 2.33. The fourth-order valence-corrected chi connectivity index (χ4v) is 5.01. The van der Waals surface area contributed by atoms with Gasteiger partial charge in [0.2, 0.25) is 0 Å². The molecule has 0 radical (unpaired) electrons. The van der Waals surface area contributed by atoms with Crippen LogP contribution in [0.4, 0.5) is 4.39 Å². The molecule has 0 amide bonds. The second kappa shape index (κ2) is 10.9. The fraction of sp³-hybridized carbons (Fsp3) is 0.290. The van der Waals surface area contributed by atoms with Gasteiger partial charge in [-0.15, -0.1) is 0 Å². The molecule has 0 fully saturated rings. The number of halogens is 1. The summed E-state index contributed by atoms with van der Waals surface area (Å²) < 4.78 is 24.2. The van der Waals surface area contributed by atoms with Crippen LogP contribution in [-0.2, 0) is 19.1 Å². The van der Waals surface area contributed by atoms with Crippen molar-refractivity contribution >= 4 is 33.5 Å². The topological polar surface area (TPSA) is 52.6 Å². The molecule has 0 spiro atoms. The van der Waals surface area contributed by atoms with Gasteiger partial charge in [-0.05, 0) is 90.0 Å². The van der Waals surface area contributed by atoms with Crippen molar-refractivity contribution in [2.45, 2.75) is 40.0 Å². The van der Waals surface area contributed by atoms with Crippen molar-refractivity contribution in [3.05, 3.63) is 94.8 Å². The van der Waals surface area contributed by atoms with Gasteiger partial charge in [0.25, 0.3) is 0 Å². The molecule has 4 rings (SSSR count). The number of hydrogen-bond acceptors (Lipinski definition) is 4. The smallest absolute Gasteiger partial charge is 0.320 e. The lowest BCUT2D eigenvalue weighted by Gasteiger charge is -2.23. The van der Waals surface area contributed by atoms with Gasteiger partial charge in [-0.2, -0.15) is 0 Å². The summed E-state index contributed by atoms with van der Waals surface area (Å²) in [5, 5.41) is 4.67. The average Bonchev–Trinajstić information content (AvgIpc) is 2.88. The van der Waals surface area contributed by atoms with Gasteiger partial charge < -0.3 is 9.47 Å². The van der Waals surface area contributed by atoms with Crippen molar-refractivity contribution in [3.63, 3.8) is 0 Å². The Morgan fingerprint density at radius 1 is 0.722 bits per heavy atom. The number of carbonyl (C=O) groups excluding carboxylic acids is 2. The standard InChI is InChI=1S/C31H31FO4/c1-5-35-30(33)29(31(34)36-6-2)18-28(21-11-14-23(32)15-12-21)22-13-16-26-19(3)24-9-7-8-10-25(24)20(4)27(26)17-22/h7-17,28-29H,5-6,18H2,1-4H3. The van der Waals surface area contributed by atoms with Crippen LogP contribution in [0.5, 0.6) is 0 Å². The zero-order chi connectivity index (χ0) is 25.8. The predicted molar refractivity (Wildman–Crippen MR) is 141 cm³/mol. The van der Waals surface area contributed by atoms with Crippen LogP contribution in [0.15, 0.2) is 66.7 Å². The Bertz CT molecular complexity index is 1390. The summed E-state index contributed by atoms with van der Waals surface area (Å²) in [6.07, 6.45) is 0.153. The maximum atomic E-state index is 13.8. The third-order valence-electron chi connectivity index (χ3n) is 6.88. The second-order valence-corrected chi connectivity index (χ2v) is 9.00. The number of esters is 2. The Morgan fingerprint density at radius 3 is 1.78 bits per heavy atom. The van der Waals surface area contributed by atoms with E-state index < -0.39 is 17.9 Å². The van der Waals surface area contributed by atoms with E-state index in [1.165, 1.54) is 34.0 Å². The van der Waals surface area contributed by atoms with Crippen LogP contribution < -0.4 is 0 Å². The van der Waals surface area contributed by atoms with E-state index in [1.54, 1.807) is 26.0 Å². The zero-order valence-electron chi connectivity index (χ0n) is 21.1. The van der Waals surface area contributed by atoms with Crippen LogP contribution in [0.1, 0.15) is 48.4 Å². The molecule has 5 heteroatoms. The van der Waals surface area contributed by atoms with Crippen LogP contribution in [0, 0.1) is 25.6 Å². The minimum atomic E-state index is -1.09.